The van der Waals surface area contributed by atoms with Gasteiger partial charge in [-0.3, -0.25) is 62.7 Å². The van der Waals surface area contributed by atoms with Gasteiger partial charge in [0.2, 0.25) is 65.0 Å². The average molecular weight is 1700 g/mol. The molecule has 0 aliphatic rings. The van der Waals surface area contributed by atoms with Crippen molar-refractivity contribution < 1.29 is 152 Å². The number of aliphatic imine (C=N–C) groups is 1. The van der Waals surface area contributed by atoms with Crippen molar-refractivity contribution in [2.75, 3.05) is 19.7 Å². The molecule has 0 saturated heterocycles. The fraction of sp³-hybridized carbons (Fsp3) is 0.609. The van der Waals surface area contributed by atoms with E-state index in [1.165, 1.54) is 43.6 Å². The molecule has 1 aromatic heterocycles. The molecule has 1 aromatic carbocycles. The average Bonchev–Trinajstić information content (AvgIpc) is 0.801. The molecule has 26 N–H and O–H groups in total. The van der Waals surface area contributed by atoms with Gasteiger partial charge in [-0.15, -0.1) is 0 Å². The zero-order valence-corrected chi connectivity index (χ0v) is 65.4. The molecule has 0 bridgehead atoms. The molecule has 2 aromatic rings. The van der Waals surface area contributed by atoms with E-state index in [0.29, 0.717) is 12.0 Å². The number of ether oxygens (including phenoxy) is 1. The van der Waals surface area contributed by atoms with Crippen molar-refractivity contribution in [3.05, 3.63) is 66.0 Å². The lowest BCUT2D eigenvalue weighted by atomic mass is 9.83. The molecule has 0 fully saturated rings. The monoisotopic (exact) mass is 1700 g/mol. The van der Waals surface area contributed by atoms with Crippen molar-refractivity contribution in [1.82, 2.24) is 52.8 Å². The first-order valence-electron chi connectivity index (χ1n) is 35.5. The van der Waals surface area contributed by atoms with Crippen molar-refractivity contribution in [2.45, 2.75) is 218 Å². The van der Waals surface area contributed by atoms with Crippen molar-refractivity contribution in [1.29, 1.82) is 0 Å². The summed E-state index contributed by atoms with van der Waals surface area (Å²) in [5.74, 6) is -24.0. The van der Waals surface area contributed by atoms with Crippen LogP contribution in [0.1, 0.15) is 132 Å². The molecule has 0 aliphatic carbocycles. The SMILES string of the molecule is CC[C@H](C)[C@H](NC(=O)[C@@H](CCCN=C(N)N)NC(=O)[C@H](CC(C)C)NC(=O)[C@@H](C)[C@H](O)C(C)C)C(=O)N[C@H](C(=O)NCC(=O)N[C@H](C(=O)N[C@@H](CO)C(=O)O[C@H](c1ccccc1)[C@H](NC(=O)[C@H](Cc1cccnc1)NC(=O)[C@H](N)CC(C)(C)CC)C(N)=O)[C@H](O)C(N)=O)[C@H](C)O.O=C(O)C(F)(F)F.O=C(O)C(F)(F)F.O=C(O)C(F)(F)F. The van der Waals surface area contributed by atoms with Gasteiger partial charge in [-0.05, 0) is 73.0 Å². The highest BCUT2D eigenvalue weighted by atomic mass is 19.4. The van der Waals surface area contributed by atoms with Gasteiger partial charge in [0.1, 0.15) is 42.3 Å². The van der Waals surface area contributed by atoms with Crippen LogP contribution in [0.4, 0.5) is 39.5 Å². The van der Waals surface area contributed by atoms with Gasteiger partial charge in [-0.25, -0.2) is 19.2 Å². The van der Waals surface area contributed by atoms with Crippen LogP contribution in [0.25, 0.3) is 0 Å². The molecule has 39 nitrogen and oxygen atoms in total. The van der Waals surface area contributed by atoms with Crippen LogP contribution < -0.4 is 76.5 Å². The number of rotatable bonds is 42. The van der Waals surface area contributed by atoms with Crippen LogP contribution in [0, 0.1) is 29.1 Å². The van der Waals surface area contributed by atoms with Crippen LogP contribution in [-0.4, -0.2) is 246 Å². The quantitative estimate of drug-likeness (QED) is 0.0107. The number of aromatic nitrogens is 1. The zero-order valence-electron chi connectivity index (χ0n) is 65.4. The number of nitrogens with one attached hydrogen (secondary N) is 9. The number of guanidine groups is 1. The number of halogens is 9. The van der Waals surface area contributed by atoms with E-state index in [-0.39, 0.29) is 73.8 Å². The van der Waals surface area contributed by atoms with Crippen LogP contribution in [-0.2, 0) is 83.1 Å². The predicted molar refractivity (Wildman–Crippen MR) is 391 cm³/mol. The summed E-state index contributed by atoms with van der Waals surface area (Å²) >= 11 is 0. The van der Waals surface area contributed by atoms with E-state index in [4.69, 9.17) is 63.1 Å². The number of nitrogens with two attached hydrogens (primary N) is 5. The first kappa shape index (κ1) is 108. The molecule has 0 radical (unpaired) electrons. The summed E-state index contributed by atoms with van der Waals surface area (Å²) in [6.45, 7) is 16.3. The summed E-state index contributed by atoms with van der Waals surface area (Å²) in [4.78, 5) is 199. The van der Waals surface area contributed by atoms with Crippen molar-refractivity contribution in [2.24, 2.45) is 62.7 Å². The molecular formula is C69H105F9N16O23. The molecule has 2 rings (SSSR count). The summed E-state index contributed by atoms with van der Waals surface area (Å²) in [6.07, 6.45) is -18.3. The van der Waals surface area contributed by atoms with Gasteiger partial charge >= 0.3 is 42.4 Å². The minimum atomic E-state index is -5.08. The number of amides is 11. The Morgan fingerprint density at radius 3 is 1.46 bits per heavy atom. The number of aliphatic hydroxyl groups excluding tert-OH is 4. The summed E-state index contributed by atoms with van der Waals surface area (Å²) in [5.41, 5.74) is 28.6. The summed E-state index contributed by atoms with van der Waals surface area (Å²) in [5, 5.41) is 85.6. The van der Waals surface area contributed by atoms with Crippen LogP contribution in [0.5, 0.6) is 0 Å². The number of benzene rings is 1. The second-order valence-corrected chi connectivity index (χ2v) is 27.7. The Morgan fingerprint density at radius 1 is 0.556 bits per heavy atom. The van der Waals surface area contributed by atoms with E-state index in [1.807, 2.05) is 31.4 Å². The van der Waals surface area contributed by atoms with Gasteiger partial charge in [0.15, 0.2) is 24.2 Å². The van der Waals surface area contributed by atoms with Gasteiger partial charge in [0.05, 0.1) is 37.3 Å². The topological polar surface area (TPSA) is 671 Å². The first-order chi connectivity index (χ1) is 53.7. The number of pyridine rings is 1. The highest BCUT2D eigenvalue weighted by molar-refractivity contribution is 5.99. The third-order valence-electron chi connectivity index (χ3n) is 16.7. The minimum absolute atomic E-state index is 0.0242. The van der Waals surface area contributed by atoms with E-state index in [9.17, 15) is 117 Å². The molecular weight excluding hydrogens is 1590 g/mol. The van der Waals surface area contributed by atoms with E-state index < -0.39 is 211 Å². The maximum absolute atomic E-state index is 14.2. The first-order valence-corrected chi connectivity index (χ1v) is 35.5. The zero-order chi connectivity index (χ0) is 91.1. The Labute approximate surface area is 664 Å². The lowest BCUT2D eigenvalue weighted by molar-refractivity contribution is -0.193. The van der Waals surface area contributed by atoms with Crippen molar-refractivity contribution in [3.63, 3.8) is 0 Å². The minimum Gasteiger partial charge on any atom is -0.475 e. The Hall–Kier alpha value is -11.1. The van der Waals surface area contributed by atoms with E-state index in [0.717, 1.165) is 6.92 Å². The van der Waals surface area contributed by atoms with Crippen LogP contribution in [0.3, 0.4) is 0 Å². The smallest absolute Gasteiger partial charge is 0.475 e. The number of aliphatic hydroxyl groups is 4. The van der Waals surface area contributed by atoms with Crippen molar-refractivity contribution >= 4 is 94.8 Å². The molecule has 662 valence electrons. The predicted octanol–water partition coefficient (Wildman–Crippen LogP) is -2.54. The number of carboxylic acids is 3. The normalized spacial score (nSPS) is 15.3. The second kappa shape index (κ2) is 51.0. The van der Waals surface area contributed by atoms with Crippen LogP contribution in [0.2, 0.25) is 0 Å². The third-order valence-corrected chi connectivity index (χ3v) is 16.7. The van der Waals surface area contributed by atoms with Crippen LogP contribution >= 0.6 is 0 Å². The Morgan fingerprint density at radius 2 is 1.03 bits per heavy atom. The van der Waals surface area contributed by atoms with Gasteiger partial charge in [0.25, 0.3) is 0 Å². The van der Waals surface area contributed by atoms with E-state index in [1.54, 1.807) is 59.7 Å². The number of carbonyl (C=O) groups is 15. The number of primary amides is 2. The maximum Gasteiger partial charge on any atom is 0.490 e. The standard InChI is InChI=1S/C63H102N16O17.3C2HF3O2/c1-12-33(7)44(77-55(89)39(22-18-24-70-62(67)68)72-56(90)40(25-31(3)4)73-53(87)34(8)48(83)32(5)6)59(93)78-45(35(9)81)58(92)71-29-43(82)76-46(49(84)52(66)86)60(94)75-42(30-80)61(95)96-50(37-20-15-14-16-21-37)47(51(65)85)79-57(91)41(26-36-19-17-23-69-28-36)74-54(88)38(64)27-63(10,11)13-2;3*3-2(4,5)1(6)7/h14-17,19-21,23,28,31-35,38-42,44-50,80-81,83-84H,12-13,18,22,24-27,29-30,64H2,1-11H3,(H2,65,85)(H2,66,86)(H,71,92)(H,72,90)(H,73,87)(H,74,88)(H,75,94)(H,76,82)(H,77,89)(H,78,93)(H,79,91)(H4,67,68,70);3*(H,6,7)/t33-,34-,35-,38+,39+,40-,41-,42-,44-,45-,46-,47-,48+,49-,50+;;;/m0.../s1. The highest BCUT2D eigenvalue weighted by Gasteiger charge is 2.43. The van der Waals surface area contributed by atoms with Gasteiger partial charge in [-0.1, -0.05) is 118 Å². The number of hydrogen-bond donors (Lipinski definition) is 21. The fourth-order valence-electron chi connectivity index (χ4n) is 9.59. The maximum atomic E-state index is 14.2. The number of hydrogen-bond acceptors (Lipinski definition) is 23. The Kier molecular flexibility index (Phi) is 47.1. The molecule has 0 aliphatic heterocycles. The summed E-state index contributed by atoms with van der Waals surface area (Å²) in [6, 6.07) is -4.33. The van der Waals surface area contributed by atoms with Gasteiger partial charge < -0.3 is 117 Å². The molecule has 1 heterocycles. The number of aliphatic carboxylic acids is 3. The lowest BCUT2D eigenvalue weighted by Crippen LogP contribution is -2.62. The van der Waals surface area contributed by atoms with E-state index >= 15 is 0 Å². The highest BCUT2D eigenvalue weighted by Crippen LogP contribution is 2.27. The molecule has 11 amide bonds. The molecule has 0 spiro atoms. The Balaban J connectivity index is 0. The molecule has 15 atom stereocenters. The summed E-state index contributed by atoms with van der Waals surface area (Å²) in [7, 11) is 0. The third kappa shape index (κ3) is 41.8. The van der Waals surface area contributed by atoms with Crippen LogP contribution in [0.15, 0.2) is 59.9 Å². The summed E-state index contributed by atoms with van der Waals surface area (Å²) < 4.78 is 101. The van der Waals surface area contributed by atoms with Gasteiger partial charge in [-0.2, -0.15) is 39.5 Å². The van der Waals surface area contributed by atoms with Crippen molar-refractivity contribution in [3.8, 4) is 0 Å². The second-order valence-electron chi connectivity index (χ2n) is 27.7. The number of carbonyl (C=O) groups excluding carboxylic acids is 12. The molecule has 117 heavy (non-hydrogen) atoms. The Bertz CT molecular complexity index is 3580. The fourth-order valence-corrected chi connectivity index (χ4v) is 9.59. The number of alkyl halides is 9. The lowest BCUT2D eigenvalue weighted by Gasteiger charge is -2.30. The molecule has 48 heteroatoms. The van der Waals surface area contributed by atoms with Gasteiger partial charge in [0, 0.05) is 25.4 Å². The number of nitrogens with zero attached hydrogens (tertiary/aromatic N) is 2. The van der Waals surface area contributed by atoms with E-state index in [2.05, 4.69) is 47.2 Å². The largest absolute Gasteiger partial charge is 0.490 e. The molecule has 0 unspecified atom stereocenters. The number of esters is 1. The number of carboxylic acid groups (broad SMARTS) is 3. The molecule has 0 saturated carbocycles.